The lowest BCUT2D eigenvalue weighted by Crippen LogP contribution is -2.31. The lowest BCUT2D eigenvalue weighted by atomic mass is 10.1. The highest BCUT2D eigenvalue weighted by Crippen LogP contribution is 2.25. The summed E-state index contributed by atoms with van der Waals surface area (Å²) in [7, 11) is 1.53. The molecule has 2 amide bonds. The third-order valence-corrected chi connectivity index (χ3v) is 5.25. The Hall–Kier alpha value is -2.74. The number of ketones is 1. The number of rotatable bonds is 8. The van der Waals surface area contributed by atoms with Crippen molar-refractivity contribution in [3.63, 3.8) is 0 Å². The van der Waals surface area contributed by atoms with Gasteiger partial charge in [-0.25, -0.2) is 4.79 Å². The van der Waals surface area contributed by atoms with Crippen molar-refractivity contribution >= 4 is 46.8 Å². The smallest absolute Gasteiger partial charge is 0.338 e. The average molecular weight is 450 g/mol. The van der Waals surface area contributed by atoms with E-state index in [0.717, 1.165) is 4.90 Å². The Morgan fingerprint density at radius 1 is 0.933 bits per heavy atom. The highest BCUT2D eigenvalue weighted by Gasteiger charge is 2.35. The fourth-order valence-electron chi connectivity index (χ4n) is 2.96. The molecule has 0 spiro atoms. The molecular formula is C21H17Cl2NO6. The summed E-state index contributed by atoms with van der Waals surface area (Å²) in [6, 6.07) is 8.43. The molecule has 3 rings (SSSR count). The number of esters is 1. The molecule has 0 N–H and O–H groups in total. The van der Waals surface area contributed by atoms with Gasteiger partial charge < -0.3 is 9.47 Å². The molecule has 0 fully saturated rings. The molecule has 0 bridgehead atoms. The summed E-state index contributed by atoms with van der Waals surface area (Å²) in [5.41, 5.74) is 0.665. The predicted octanol–water partition coefficient (Wildman–Crippen LogP) is 3.67. The Morgan fingerprint density at radius 3 is 2.33 bits per heavy atom. The Morgan fingerprint density at radius 2 is 1.63 bits per heavy atom. The van der Waals surface area contributed by atoms with Gasteiger partial charge in [-0.3, -0.25) is 19.3 Å². The van der Waals surface area contributed by atoms with Crippen LogP contribution in [0.5, 0.6) is 0 Å². The van der Waals surface area contributed by atoms with Gasteiger partial charge in [-0.15, -0.1) is 0 Å². The van der Waals surface area contributed by atoms with Crippen LogP contribution in [0.25, 0.3) is 0 Å². The largest absolute Gasteiger partial charge is 0.454 e. The van der Waals surface area contributed by atoms with Crippen LogP contribution in [0.3, 0.4) is 0 Å². The number of nitrogens with zero attached hydrogens (tertiary/aromatic N) is 1. The monoisotopic (exact) mass is 449 g/mol. The van der Waals surface area contributed by atoms with Gasteiger partial charge >= 0.3 is 5.97 Å². The molecule has 30 heavy (non-hydrogen) atoms. The first-order valence-corrected chi connectivity index (χ1v) is 9.73. The average Bonchev–Trinajstić information content (AvgIpc) is 2.98. The van der Waals surface area contributed by atoms with Gasteiger partial charge in [-0.2, -0.15) is 0 Å². The van der Waals surface area contributed by atoms with Crippen molar-refractivity contribution in [3.8, 4) is 0 Å². The molecule has 0 saturated carbocycles. The number of methoxy groups -OCH3 is 1. The first-order chi connectivity index (χ1) is 14.3. The Labute approximate surface area is 182 Å². The molecule has 1 heterocycles. The number of imide groups is 1. The van der Waals surface area contributed by atoms with Crippen molar-refractivity contribution in [2.45, 2.75) is 6.42 Å². The van der Waals surface area contributed by atoms with E-state index in [4.69, 9.17) is 32.7 Å². The van der Waals surface area contributed by atoms with Crippen LogP contribution in [0.2, 0.25) is 10.0 Å². The van der Waals surface area contributed by atoms with Crippen molar-refractivity contribution in [1.29, 1.82) is 0 Å². The number of fused-ring (bicyclic) bond motifs is 1. The summed E-state index contributed by atoms with van der Waals surface area (Å²) in [4.78, 5) is 50.6. The first-order valence-electron chi connectivity index (χ1n) is 8.98. The third-order valence-electron chi connectivity index (χ3n) is 4.51. The number of halogens is 2. The van der Waals surface area contributed by atoms with Crippen LogP contribution in [-0.4, -0.2) is 55.3 Å². The second kappa shape index (κ2) is 9.38. The maximum atomic E-state index is 12.5. The molecule has 2 aromatic rings. The maximum absolute atomic E-state index is 12.5. The molecule has 0 saturated heterocycles. The normalized spacial score (nSPS) is 12.8. The summed E-state index contributed by atoms with van der Waals surface area (Å²) in [6.45, 7) is 0.125. The number of benzene rings is 2. The molecule has 0 aliphatic carbocycles. The fraction of sp³-hybridized carbons (Fsp3) is 0.238. The van der Waals surface area contributed by atoms with E-state index in [9.17, 15) is 19.2 Å². The Kier molecular flexibility index (Phi) is 6.87. The molecule has 156 valence electrons. The molecule has 2 aromatic carbocycles. The van der Waals surface area contributed by atoms with Crippen molar-refractivity contribution < 1.29 is 28.7 Å². The van der Waals surface area contributed by atoms with Crippen molar-refractivity contribution in [2.75, 3.05) is 26.9 Å². The first kappa shape index (κ1) is 22.0. The lowest BCUT2D eigenvalue weighted by Gasteiger charge is -2.12. The number of carbonyl (C=O) groups is 4. The van der Waals surface area contributed by atoms with E-state index in [-0.39, 0.29) is 33.8 Å². The van der Waals surface area contributed by atoms with E-state index >= 15 is 0 Å². The van der Waals surface area contributed by atoms with Crippen LogP contribution < -0.4 is 0 Å². The van der Waals surface area contributed by atoms with Gasteiger partial charge in [0.2, 0.25) is 0 Å². The topological polar surface area (TPSA) is 90.0 Å². The number of hydrogen-bond donors (Lipinski definition) is 0. The summed E-state index contributed by atoms with van der Waals surface area (Å²) in [5.74, 6) is -2.14. The van der Waals surface area contributed by atoms with Gasteiger partial charge in [0.1, 0.15) is 0 Å². The quantitative estimate of drug-likeness (QED) is 0.264. The van der Waals surface area contributed by atoms with Crippen LogP contribution >= 0.6 is 23.2 Å². The zero-order valence-electron chi connectivity index (χ0n) is 15.9. The number of carbonyl (C=O) groups excluding carboxylic acids is 4. The highest BCUT2D eigenvalue weighted by molar-refractivity contribution is 6.42. The van der Waals surface area contributed by atoms with Crippen molar-refractivity contribution in [3.05, 3.63) is 68.7 Å². The zero-order chi connectivity index (χ0) is 21.8. The van der Waals surface area contributed by atoms with E-state index in [1.807, 2.05) is 0 Å². The van der Waals surface area contributed by atoms with E-state index in [1.165, 1.54) is 43.5 Å². The number of ether oxygens (including phenoxy) is 2. The van der Waals surface area contributed by atoms with Crippen LogP contribution in [0.15, 0.2) is 36.4 Å². The second-order valence-electron chi connectivity index (χ2n) is 6.50. The van der Waals surface area contributed by atoms with Gasteiger partial charge in [-0.05, 0) is 42.8 Å². The van der Waals surface area contributed by atoms with Crippen LogP contribution in [0.4, 0.5) is 0 Å². The SMILES string of the molecule is COCCCN1C(=O)c2ccc(C(=O)OCC(=O)c3ccc(Cl)c(Cl)c3)cc2C1=O. The van der Waals surface area contributed by atoms with E-state index in [0.29, 0.717) is 18.1 Å². The van der Waals surface area contributed by atoms with Crippen LogP contribution in [-0.2, 0) is 9.47 Å². The molecular weight excluding hydrogens is 433 g/mol. The van der Waals surface area contributed by atoms with Gasteiger partial charge in [-0.1, -0.05) is 23.2 Å². The zero-order valence-corrected chi connectivity index (χ0v) is 17.5. The van der Waals surface area contributed by atoms with Crippen LogP contribution in [0, 0.1) is 0 Å². The third kappa shape index (κ3) is 4.53. The van der Waals surface area contributed by atoms with Gasteiger partial charge in [0, 0.05) is 25.8 Å². The molecule has 0 atom stereocenters. The Balaban J connectivity index is 1.67. The highest BCUT2D eigenvalue weighted by atomic mass is 35.5. The van der Waals surface area contributed by atoms with Crippen LogP contribution in [0.1, 0.15) is 47.9 Å². The molecule has 0 unspecified atom stereocenters. The maximum Gasteiger partial charge on any atom is 0.338 e. The Bertz CT molecular complexity index is 1040. The minimum absolute atomic E-state index is 0.0654. The molecule has 0 aromatic heterocycles. The van der Waals surface area contributed by atoms with Gasteiger partial charge in [0.05, 0.1) is 26.7 Å². The second-order valence-corrected chi connectivity index (χ2v) is 7.31. The lowest BCUT2D eigenvalue weighted by molar-refractivity contribution is 0.0474. The molecule has 1 aliphatic rings. The number of amides is 2. The van der Waals surface area contributed by atoms with Gasteiger partial charge in [0.25, 0.3) is 11.8 Å². The van der Waals surface area contributed by atoms with E-state index < -0.39 is 30.2 Å². The summed E-state index contributed by atoms with van der Waals surface area (Å²) >= 11 is 11.7. The summed E-state index contributed by atoms with van der Waals surface area (Å²) in [6.07, 6.45) is 0.508. The summed E-state index contributed by atoms with van der Waals surface area (Å²) < 4.78 is 9.99. The predicted molar refractivity (Wildman–Crippen MR) is 109 cm³/mol. The van der Waals surface area contributed by atoms with E-state index in [1.54, 1.807) is 0 Å². The standard InChI is InChI=1S/C21H17Cl2NO6/c1-29-8-2-7-24-19(26)14-5-3-13(9-15(14)20(24)27)21(28)30-11-18(25)12-4-6-16(22)17(23)10-12/h3-6,9-10H,2,7-8,11H2,1H3. The van der Waals surface area contributed by atoms with Crippen molar-refractivity contribution in [1.82, 2.24) is 4.90 Å². The minimum atomic E-state index is -0.788. The minimum Gasteiger partial charge on any atom is -0.454 e. The fourth-order valence-corrected chi connectivity index (χ4v) is 3.25. The molecule has 1 aliphatic heterocycles. The molecule has 7 nitrogen and oxygen atoms in total. The number of Topliss-reactive ketones (excluding diaryl/α,β-unsaturated/α-hetero) is 1. The van der Waals surface area contributed by atoms with Crippen molar-refractivity contribution in [2.24, 2.45) is 0 Å². The summed E-state index contributed by atoms with van der Waals surface area (Å²) in [5, 5.41) is 0.518. The molecule has 9 heteroatoms. The van der Waals surface area contributed by atoms with Gasteiger partial charge in [0.15, 0.2) is 12.4 Å². The molecule has 0 radical (unpaired) electrons. The number of hydrogen-bond acceptors (Lipinski definition) is 6. The van der Waals surface area contributed by atoms with E-state index in [2.05, 4.69) is 0 Å².